The number of nitrogens with one attached hydrogen (secondary N) is 3. The van der Waals surface area contributed by atoms with Crippen LogP contribution in [-0.4, -0.2) is 95.9 Å². The second kappa shape index (κ2) is 14.3. The normalized spacial score (nSPS) is 28.2. The molecule has 6 atom stereocenters. The maximum Gasteiger partial charge on any atom is 0.414 e. The highest BCUT2D eigenvalue weighted by atomic mass is 32.2. The summed E-state index contributed by atoms with van der Waals surface area (Å²) in [7, 11) is 1.57. The monoisotopic (exact) mass is 664 g/mol. The minimum absolute atomic E-state index is 0.00223. The molecule has 1 saturated carbocycles. The van der Waals surface area contributed by atoms with Crippen molar-refractivity contribution < 1.29 is 42.9 Å². The first-order chi connectivity index (χ1) is 21.6. The Morgan fingerprint density at radius 2 is 1.91 bits per heavy atom. The number of ether oxygens (including phenoxy) is 5. The molecule has 0 aromatic carbocycles. The van der Waals surface area contributed by atoms with E-state index in [1.165, 1.54) is 5.57 Å². The molecule has 14 nitrogen and oxygen atoms in total. The average molecular weight is 665 g/mol. The largest absolute Gasteiger partial charge is 0.443 e. The summed E-state index contributed by atoms with van der Waals surface area (Å²) in [6, 6.07) is 1.15. The lowest BCUT2D eigenvalue weighted by atomic mass is 9.68. The number of alkyl carbamates (subject to hydrolysis) is 1. The van der Waals surface area contributed by atoms with Gasteiger partial charge in [0, 0.05) is 18.6 Å². The number of H-pyrrole nitrogens is 1. The molecule has 2 aliphatic heterocycles. The second-order valence-corrected chi connectivity index (χ2v) is 14.3. The van der Waals surface area contributed by atoms with Crippen LogP contribution in [0.2, 0.25) is 0 Å². The SMILES string of the molecule is CO[C@@H]1[C@H](OC(=O)NC(=O)CSc2cc(=O)[nH]c(NC(=O)COCC(=O)C(C)(C)C)n2)CC[C@]2(CO2)[C@H]1[C@@]1(C)O[C@@H]1CC=C(C)C. The minimum atomic E-state index is -0.913. The summed E-state index contributed by atoms with van der Waals surface area (Å²) in [5, 5.41) is 4.75. The number of aromatic amines is 1. The van der Waals surface area contributed by atoms with Crippen molar-refractivity contribution in [1.29, 1.82) is 0 Å². The molecule has 15 heteroatoms. The van der Waals surface area contributed by atoms with Gasteiger partial charge in [-0.05, 0) is 40.0 Å². The smallest absolute Gasteiger partial charge is 0.414 e. The van der Waals surface area contributed by atoms with E-state index in [0.717, 1.165) is 24.2 Å². The van der Waals surface area contributed by atoms with Gasteiger partial charge in [-0.3, -0.25) is 34.8 Å². The lowest BCUT2D eigenvalue weighted by Gasteiger charge is -2.42. The Morgan fingerprint density at radius 3 is 2.54 bits per heavy atom. The maximum absolute atomic E-state index is 12.8. The molecule has 1 aromatic heterocycles. The van der Waals surface area contributed by atoms with Crippen molar-refractivity contribution in [3.05, 3.63) is 28.1 Å². The first kappa shape index (κ1) is 35.7. The van der Waals surface area contributed by atoms with Gasteiger partial charge in [0.25, 0.3) is 11.5 Å². The van der Waals surface area contributed by atoms with Crippen LogP contribution in [0, 0.1) is 11.3 Å². The van der Waals surface area contributed by atoms with Gasteiger partial charge in [0.2, 0.25) is 11.9 Å². The fourth-order valence-corrected chi connectivity index (χ4v) is 6.41. The molecule has 254 valence electrons. The number of thioether (sulfide) groups is 1. The van der Waals surface area contributed by atoms with Crippen LogP contribution in [0.1, 0.15) is 60.8 Å². The highest BCUT2D eigenvalue weighted by Gasteiger charge is 2.72. The first-order valence-corrected chi connectivity index (χ1v) is 16.2. The van der Waals surface area contributed by atoms with Gasteiger partial charge < -0.3 is 23.7 Å². The maximum atomic E-state index is 12.8. The van der Waals surface area contributed by atoms with Crippen molar-refractivity contribution in [2.24, 2.45) is 11.3 Å². The average Bonchev–Trinajstić information content (AvgIpc) is 3.87. The Balaban J connectivity index is 1.27. The van der Waals surface area contributed by atoms with Gasteiger partial charge >= 0.3 is 6.09 Å². The number of Topliss-reactive ketones (excluding diaryl/α,β-unsaturated/α-hetero) is 1. The Morgan fingerprint density at radius 1 is 1.20 bits per heavy atom. The Hall–Kier alpha value is -3.11. The number of nitrogens with zero attached hydrogens (tertiary/aromatic N) is 1. The van der Waals surface area contributed by atoms with Crippen LogP contribution in [0.15, 0.2) is 27.5 Å². The summed E-state index contributed by atoms with van der Waals surface area (Å²) in [6.45, 7) is 11.3. The summed E-state index contributed by atoms with van der Waals surface area (Å²) in [5.41, 5.74) is -0.836. The summed E-state index contributed by atoms with van der Waals surface area (Å²) >= 11 is 0.888. The minimum Gasteiger partial charge on any atom is -0.443 e. The van der Waals surface area contributed by atoms with Gasteiger partial charge in [0.15, 0.2) is 5.78 Å². The first-order valence-electron chi connectivity index (χ1n) is 15.2. The number of aromatic nitrogens is 2. The lowest BCUT2D eigenvalue weighted by Crippen LogP contribution is -2.56. The predicted octanol–water partition coefficient (Wildman–Crippen LogP) is 2.76. The van der Waals surface area contributed by atoms with E-state index in [-0.39, 0.29) is 46.7 Å². The molecule has 3 N–H and O–H groups in total. The Bertz CT molecular complexity index is 1410. The molecule has 1 spiro atoms. The standard InChI is InChI=1S/C31H44N4O10S/c1-17(2)8-9-20-30(6,45-20)26-25(41-7)18(10-11-31(26)16-43-31)44-28(40)34-23(39)15-46-24-12-21(37)32-27(35-24)33-22(38)14-42-13-19(36)29(3,4)5/h8,12,18,20,25-26H,9-11,13-16H2,1-7H3,(H,34,39,40)(H2,32,33,35,37,38)/t18-,20-,25-,26-,30+,31+/m1/s1. The van der Waals surface area contributed by atoms with Crippen molar-refractivity contribution in [3.63, 3.8) is 0 Å². The number of carbonyl (C=O) groups is 4. The number of rotatable bonds is 13. The van der Waals surface area contributed by atoms with Gasteiger partial charge in [0.05, 0.1) is 24.4 Å². The van der Waals surface area contributed by atoms with E-state index in [0.29, 0.717) is 19.4 Å². The quantitative estimate of drug-likeness (QED) is 0.121. The number of epoxide rings is 2. The number of allylic oxidation sites excluding steroid dienone is 1. The molecule has 4 rings (SSSR count). The fourth-order valence-electron chi connectivity index (χ4n) is 5.72. The molecular weight excluding hydrogens is 620 g/mol. The number of imide groups is 1. The molecule has 0 unspecified atom stereocenters. The zero-order chi connectivity index (χ0) is 33.9. The van der Waals surface area contributed by atoms with Crippen molar-refractivity contribution in [2.75, 3.05) is 38.0 Å². The van der Waals surface area contributed by atoms with Crippen LogP contribution < -0.4 is 16.2 Å². The number of hydrogen-bond acceptors (Lipinski definition) is 12. The molecule has 3 amide bonds. The number of carbonyl (C=O) groups excluding carboxylic acids is 4. The van der Waals surface area contributed by atoms with Gasteiger partial charge in [0.1, 0.15) is 41.6 Å². The summed E-state index contributed by atoms with van der Waals surface area (Å²) in [5.74, 6) is -2.03. The zero-order valence-corrected chi connectivity index (χ0v) is 28.2. The fraction of sp³-hybridized carbons (Fsp3) is 0.677. The Kier molecular flexibility index (Phi) is 11.1. The second-order valence-electron chi connectivity index (χ2n) is 13.3. The van der Waals surface area contributed by atoms with Crippen molar-refractivity contribution in [3.8, 4) is 0 Å². The molecule has 0 radical (unpaired) electrons. The number of ketones is 1. The van der Waals surface area contributed by atoms with E-state index in [1.54, 1.807) is 27.9 Å². The molecule has 3 fully saturated rings. The molecule has 46 heavy (non-hydrogen) atoms. The number of amides is 3. The topological polar surface area (TPSA) is 191 Å². The summed E-state index contributed by atoms with van der Waals surface area (Å²) in [4.78, 5) is 68.1. The number of hydrogen-bond donors (Lipinski definition) is 3. The number of methoxy groups -OCH3 is 1. The Labute approximate surface area is 272 Å². The molecule has 2 saturated heterocycles. The molecule has 0 bridgehead atoms. The third-order valence-electron chi connectivity index (χ3n) is 8.37. The summed E-state index contributed by atoms with van der Waals surface area (Å²) in [6.07, 6.45) is 2.05. The van der Waals surface area contributed by atoms with Gasteiger partial charge in [-0.15, -0.1) is 0 Å². The van der Waals surface area contributed by atoms with Crippen molar-refractivity contribution in [1.82, 2.24) is 15.3 Å². The van der Waals surface area contributed by atoms with E-state index in [9.17, 15) is 24.0 Å². The van der Waals surface area contributed by atoms with E-state index in [2.05, 4.69) is 26.7 Å². The van der Waals surface area contributed by atoms with Crippen LogP contribution in [0.25, 0.3) is 0 Å². The molecular formula is C31H44N4O10S. The molecule has 1 aliphatic carbocycles. The van der Waals surface area contributed by atoms with Crippen LogP contribution in [-0.2, 0) is 38.1 Å². The van der Waals surface area contributed by atoms with Gasteiger partial charge in [-0.25, -0.2) is 9.78 Å². The van der Waals surface area contributed by atoms with E-state index >= 15 is 0 Å². The summed E-state index contributed by atoms with van der Waals surface area (Å²) < 4.78 is 28.8. The van der Waals surface area contributed by atoms with E-state index in [1.807, 2.05) is 20.8 Å². The zero-order valence-electron chi connectivity index (χ0n) is 27.4. The highest BCUT2D eigenvalue weighted by molar-refractivity contribution is 7.99. The van der Waals surface area contributed by atoms with Crippen molar-refractivity contribution >= 4 is 41.4 Å². The van der Waals surface area contributed by atoms with Gasteiger partial charge in [-0.2, -0.15) is 0 Å². The number of anilines is 1. The van der Waals surface area contributed by atoms with E-state index in [4.69, 9.17) is 23.7 Å². The van der Waals surface area contributed by atoms with Crippen LogP contribution >= 0.6 is 11.8 Å². The van der Waals surface area contributed by atoms with Crippen LogP contribution in [0.5, 0.6) is 0 Å². The third-order valence-corrected chi connectivity index (χ3v) is 9.28. The molecule has 1 aromatic rings. The van der Waals surface area contributed by atoms with Crippen LogP contribution in [0.4, 0.5) is 10.7 Å². The van der Waals surface area contributed by atoms with Crippen molar-refractivity contribution in [2.45, 2.75) is 95.3 Å². The van der Waals surface area contributed by atoms with Gasteiger partial charge in [-0.1, -0.05) is 44.2 Å². The van der Waals surface area contributed by atoms with Crippen LogP contribution in [0.3, 0.4) is 0 Å². The molecule has 3 aliphatic rings. The predicted molar refractivity (Wildman–Crippen MR) is 167 cm³/mol. The van der Waals surface area contributed by atoms with E-state index < -0.39 is 53.3 Å². The molecule has 3 heterocycles. The highest BCUT2D eigenvalue weighted by Crippen LogP contribution is 2.59. The third kappa shape index (κ3) is 9.03. The lowest BCUT2D eigenvalue weighted by molar-refractivity contribution is -0.133.